The van der Waals surface area contributed by atoms with Crippen molar-refractivity contribution in [3.63, 3.8) is 0 Å². The van der Waals surface area contributed by atoms with Crippen molar-refractivity contribution in [1.82, 2.24) is 9.62 Å². The number of nitrogen functional groups attached to an aromatic ring is 1. The molecule has 1 atom stereocenters. The number of nitrogens with one attached hydrogen (secondary N) is 1. The largest absolute Gasteiger partial charge is 0.398 e. The van der Waals surface area contributed by atoms with Crippen LogP contribution in [0, 0.1) is 5.92 Å². The molecule has 3 aliphatic heterocycles. The van der Waals surface area contributed by atoms with Gasteiger partial charge in [0.05, 0.1) is 5.69 Å². The number of halogens is 1. The van der Waals surface area contributed by atoms with Gasteiger partial charge >= 0.3 is 0 Å². The molecule has 3 N–H and O–H groups in total. The summed E-state index contributed by atoms with van der Waals surface area (Å²) in [5.41, 5.74) is 6.09. The smallest absolute Gasteiger partial charge is 0.242 e. The third-order valence-corrected chi connectivity index (χ3v) is 6.27. The summed E-state index contributed by atoms with van der Waals surface area (Å²) in [6, 6.07) is 4.90. The lowest BCUT2D eigenvalue weighted by atomic mass is 9.85. The Morgan fingerprint density at radius 2 is 2.00 bits per heavy atom. The van der Waals surface area contributed by atoms with E-state index in [1.807, 2.05) is 0 Å². The maximum absolute atomic E-state index is 12.5. The predicted molar refractivity (Wildman–Crippen MR) is 81.8 cm³/mol. The molecule has 1 aromatic rings. The third-order valence-electron chi connectivity index (χ3n) is 4.23. The quantitative estimate of drug-likeness (QED) is 0.800. The zero-order valence-electron chi connectivity index (χ0n) is 11.0. The fourth-order valence-electron chi connectivity index (χ4n) is 3.10. The van der Waals surface area contributed by atoms with Crippen molar-refractivity contribution in [2.45, 2.75) is 23.8 Å². The third kappa shape index (κ3) is 2.72. The molecular formula is C13H18BrN3O2S. The summed E-state index contributed by atoms with van der Waals surface area (Å²) in [6.07, 6.45) is 2.14. The van der Waals surface area contributed by atoms with Gasteiger partial charge in [-0.05, 0) is 50.0 Å². The zero-order valence-corrected chi connectivity index (χ0v) is 13.5. The number of rotatable bonds is 3. The minimum absolute atomic E-state index is 0.000816. The molecule has 110 valence electrons. The molecule has 0 saturated carbocycles. The topological polar surface area (TPSA) is 75.4 Å². The first-order chi connectivity index (χ1) is 9.45. The van der Waals surface area contributed by atoms with Crippen molar-refractivity contribution in [2.24, 2.45) is 5.92 Å². The molecular weight excluding hydrogens is 342 g/mol. The number of sulfonamides is 1. The molecule has 0 aromatic heterocycles. The average Bonchev–Trinajstić information content (AvgIpc) is 2.42. The predicted octanol–water partition coefficient (Wildman–Crippen LogP) is 1.40. The summed E-state index contributed by atoms with van der Waals surface area (Å²) in [5.74, 6) is 0.447. The van der Waals surface area contributed by atoms with Crippen molar-refractivity contribution in [2.75, 3.05) is 25.4 Å². The second kappa shape index (κ2) is 5.29. The molecule has 0 aliphatic carbocycles. The average molecular weight is 360 g/mol. The van der Waals surface area contributed by atoms with Crippen LogP contribution in [0.5, 0.6) is 0 Å². The number of hydrogen-bond acceptors (Lipinski definition) is 4. The van der Waals surface area contributed by atoms with Crippen molar-refractivity contribution in [1.29, 1.82) is 0 Å². The number of nitrogens with zero attached hydrogens (tertiary/aromatic N) is 1. The maximum atomic E-state index is 12.5. The van der Waals surface area contributed by atoms with Gasteiger partial charge in [-0.15, -0.1) is 0 Å². The Balaban J connectivity index is 1.84. The van der Waals surface area contributed by atoms with Crippen LogP contribution in [0.1, 0.15) is 12.8 Å². The highest BCUT2D eigenvalue weighted by atomic mass is 79.9. The Labute approximate surface area is 127 Å². The van der Waals surface area contributed by atoms with Gasteiger partial charge in [0.25, 0.3) is 0 Å². The van der Waals surface area contributed by atoms with Crippen LogP contribution in [0.4, 0.5) is 5.69 Å². The van der Waals surface area contributed by atoms with Crippen molar-refractivity contribution < 1.29 is 8.42 Å². The fraction of sp³-hybridized carbons (Fsp3) is 0.538. The molecule has 5 nitrogen and oxygen atoms in total. The van der Waals surface area contributed by atoms with E-state index in [0.717, 1.165) is 32.5 Å². The molecule has 0 spiro atoms. The second-order valence-electron chi connectivity index (χ2n) is 5.55. The van der Waals surface area contributed by atoms with Gasteiger partial charge in [-0.3, -0.25) is 0 Å². The van der Waals surface area contributed by atoms with E-state index in [1.54, 1.807) is 18.2 Å². The van der Waals surface area contributed by atoms with E-state index >= 15 is 0 Å². The lowest BCUT2D eigenvalue weighted by Crippen LogP contribution is -2.57. The molecule has 1 unspecified atom stereocenters. The number of fused-ring (bicyclic) bond motifs is 3. The van der Waals surface area contributed by atoms with Crippen LogP contribution in [0.15, 0.2) is 27.6 Å². The van der Waals surface area contributed by atoms with Gasteiger partial charge < -0.3 is 10.6 Å². The van der Waals surface area contributed by atoms with Crippen LogP contribution in [-0.2, 0) is 10.0 Å². The molecule has 0 amide bonds. The molecule has 20 heavy (non-hydrogen) atoms. The first kappa shape index (κ1) is 14.3. The molecule has 3 fully saturated rings. The normalized spacial score (nSPS) is 29.6. The lowest BCUT2D eigenvalue weighted by molar-refractivity contribution is 0.0827. The number of hydrogen-bond donors (Lipinski definition) is 2. The summed E-state index contributed by atoms with van der Waals surface area (Å²) in [7, 11) is -3.57. The standard InChI is InChI=1S/C13H18BrN3O2S/c14-10-1-2-11(15)13(7-10)20(18,19)16-12-8-17-5-3-9(12)4-6-17/h1-2,7,9,12,16H,3-6,8,15H2. The molecule has 4 rings (SSSR count). The van der Waals surface area contributed by atoms with Gasteiger partial charge in [0, 0.05) is 17.1 Å². The molecule has 3 heterocycles. The van der Waals surface area contributed by atoms with Gasteiger partial charge in [0.1, 0.15) is 4.90 Å². The first-order valence-electron chi connectivity index (χ1n) is 6.75. The molecule has 2 bridgehead atoms. The van der Waals surface area contributed by atoms with Crippen LogP contribution in [-0.4, -0.2) is 39.0 Å². The first-order valence-corrected chi connectivity index (χ1v) is 9.03. The summed E-state index contributed by atoms with van der Waals surface area (Å²) in [4.78, 5) is 2.47. The van der Waals surface area contributed by atoms with Crippen molar-refractivity contribution >= 4 is 31.6 Å². The Bertz CT molecular complexity index is 612. The Morgan fingerprint density at radius 1 is 1.30 bits per heavy atom. The van der Waals surface area contributed by atoms with E-state index in [0.29, 0.717) is 10.4 Å². The van der Waals surface area contributed by atoms with E-state index < -0.39 is 10.0 Å². The zero-order chi connectivity index (χ0) is 14.3. The van der Waals surface area contributed by atoms with Gasteiger partial charge in [-0.2, -0.15) is 0 Å². The fourth-order valence-corrected chi connectivity index (χ4v) is 5.07. The van der Waals surface area contributed by atoms with Crippen LogP contribution < -0.4 is 10.5 Å². The highest BCUT2D eigenvalue weighted by molar-refractivity contribution is 9.10. The minimum Gasteiger partial charge on any atom is -0.398 e. The van der Waals surface area contributed by atoms with Crippen LogP contribution >= 0.6 is 15.9 Å². The number of piperidine rings is 3. The van der Waals surface area contributed by atoms with Gasteiger partial charge in [0.15, 0.2) is 0 Å². The van der Waals surface area contributed by atoms with E-state index in [1.165, 1.54) is 0 Å². The summed E-state index contributed by atoms with van der Waals surface area (Å²) < 4.78 is 28.6. The number of nitrogens with two attached hydrogens (primary N) is 1. The Morgan fingerprint density at radius 3 is 2.60 bits per heavy atom. The van der Waals surface area contributed by atoms with Gasteiger partial charge in [-0.1, -0.05) is 15.9 Å². The monoisotopic (exact) mass is 359 g/mol. The molecule has 0 radical (unpaired) electrons. The number of anilines is 1. The SMILES string of the molecule is Nc1ccc(Br)cc1S(=O)(=O)NC1CN2CCC1CC2. The highest BCUT2D eigenvalue weighted by Gasteiger charge is 2.36. The van der Waals surface area contributed by atoms with Crippen LogP contribution in [0.25, 0.3) is 0 Å². The summed E-state index contributed by atoms with van der Waals surface area (Å²) >= 11 is 3.29. The van der Waals surface area contributed by atoms with Crippen LogP contribution in [0.3, 0.4) is 0 Å². The van der Waals surface area contributed by atoms with Crippen molar-refractivity contribution in [3.05, 3.63) is 22.7 Å². The van der Waals surface area contributed by atoms with Crippen LogP contribution in [0.2, 0.25) is 0 Å². The van der Waals surface area contributed by atoms with E-state index in [-0.39, 0.29) is 16.6 Å². The maximum Gasteiger partial charge on any atom is 0.242 e. The Kier molecular flexibility index (Phi) is 3.79. The van der Waals surface area contributed by atoms with Crippen molar-refractivity contribution in [3.8, 4) is 0 Å². The van der Waals surface area contributed by atoms with Gasteiger partial charge in [-0.25, -0.2) is 13.1 Å². The molecule has 3 aliphatic rings. The lowest BCUT2D eigenvalue weighted by Gasteiger charge is -2.44. The van der Waals surface area contributed by atoms with E-state index in [4.69, 9.17) is 5.73 Å². The minimum atomic E-state index is -3.57. The molecule has 7 heteroatoms. The molecule has 1 aromatic carbocycles. The van der Waals surface area contributed by atoms with E-state index in [2.05, 4.69) is 25.6 Å². The highest BCUT2D eigenvalue weighted by Crippen LogP contribution is 2.30. The van der Waals surface area contributed by atoms with E-state index in [9.17, 15) is 8.42 Å². The van der Waals surface area contributed by atoms with Gasteiger partial charge in [0.2, 0.25) is 10.0 Å². The Hall–Kier alpha value is -0.630. The second-order valence-corrected chi connectivity index (χ2v) is 8.15. The summed E-state index contributed by atoms with van der Waals surface area (Å²) in [6.45, 7) is 2.97. The summed E-state index contributed by atoms with van der Waals surface area (Å²) in [5, 5.41) is 0. The number of benzene rings is 1. The molecule has 3 saturated heterocycles.